The van der Waals surface area contributed by atoms with E-state index < -0.39 is 0 Å². The van der Waals surface area contributed by atoms with Crippen LogP contribution in [0.4, 0.5) is 0 Å². The predicted molar refractivity (Wildman–Crippen MR) is 180 cm³/mol. The molecule has 46 heavy (non-hydrogen) atoms. The van der Waals surface area contributed by atoms with Crippen molar-refractivity contribution in [3.63, 3.8) is 0 Å². The SMILES string of the molecule is CCC1(C)CC(OC(=O)c2cccc(C(=O)OC3CC(C)(CC)N(CC4CO4)C(C)(CC)C3C)c2)C(C)C(C)(CC)N1CC1CO1. The van der Waals surface area contributed by atoms with Crippen molar-refractivity contribution >= 4 is 11.9 Å². The quantitative estimate of drug-likeness (QED) is 0.180. The lowest BCUT2D eigenvalue weighted by molar-refractivity contribution is -0.140. The fourth-order valence-corrected chi connectivity index (χ4v) is 8.75. The molecule has 5 rings (SSSR count). The third kappa shape index (κ3) is 6.53. The van der Waals surface area contributed by atoms with Gasteiger partial charge in [-0.1, -0.05) is 47.6 Å². The average molecular weight is 641 g/mol. The van der Waals surface area contributed by atoms with Crippen LogP contribution in [0, 0.1) is 11.8 Å². The van der Waals surface area contributed by atoms with Gasteiger partial charge in [-0.15, -0.1) is 0 Å². The maximum Gasteiger partial charge on any atom is 0.338 e. The summed E-state index contributed by atoms with van der Waals surface area (Å²) < 4.78 is 23.9. The summed E-state index contributed by atoms with van der Waals surface area (Å²) in [6.07, 6.45) is 5.45. The number of carbonyl (C=O) groups is 2. The molecule has 0 saturated carbocycles. The summed E-state index contributed by atoms with van der Waals surface area (Å²) in [5, 5.41) is 0. The second-order valence-corrected chi connectivity index (χ2v) is 15.7. The van der Waals surface area contributed by atoms with Gasteiger partial charge in [0.1, 0.15) is 12.2 Å². The zero-order valence-electron chi connectivity index (χ0n) is 30.2. The maximum absolute atomic E-state index is 13.7. The Bertz CT molecular complexity index is 1170. The number of benzene rings is 1. The molecule has 0 bridgehead atoms. The molecule has 0 amide bonds. The largest absolute Gasteiger partial charge is 0.458 e. The van der Waals surface area contributed by atoms with Gasteiger partial charge in [0.2, 0.25) is 0 Å². The highest BCUT2D eigenvalue weighted by Gasteiger charge is 2.56. The number of likely N-dealkylation sites (tertiary alicyclic amines) is 2. The van der Waals surface area contributed by atoms with Crippen LogP contribution < -0.4 is 0 Å². The molecule has 1 aromatic carbocycles. The fraction of sp³-hybridized carbons (Fsp3) is 0.789. The Balaban J connectivity index is 1.30. The van der Waals surface area contributed by atoms with Gasteiger partial charge in [0.15, 0.2) is 0 Å². The minimum atomic E-state index is -0.386. The van der Waals surface area contributed by atoms with Crippen molar-refractivity contribution < 1.29 is 28.5 Å². The van der Waals surface area contributed by atoms with Gasteiger partial charge in [-0.3, -0.25) is 9.80 Å². The van der Waals surface area contributed by atoms with E-state index in [9.17, 15) is 9.59 Å². The number of epoxide rings is 2. The van der Waals surface area contributed by atoms with Gasteiger partial charge in [0, 0.05) is 59.9 Å². The van der Waals surface area contributed by atoms with E-state index >= 15 is 0 Å². The number of carbonyl (C=O) groups excluding carboxylic acids is 2. The number of hydrogen-bond donors (Lipinski definition) is 0. The zero-order valence-corrected chi connectivity index (χ0v) is 30.2. The Hall–Kier alpha value is -2.00. The molecule has 4 saturated heterocycles. The first-order valence-corrected chi connectivity index (χ1v) is 18.0. The number of piperidine rings is 2. The van der Waals surface area contributed by atoms with Crippen LogP contribution >= 0.6 is 0 Å². The standard InChI is InChI=1S/C38H60N2O6/c1-11-35(7)19-31(25(5)37(9,13-3)39(35)21-29-23-43-29)45-33(41)27-16-15-17-28(18-27)34(42)46-32-20-36(8,12-2)40(22-30-24-44-30)38(10,14-4)26(32)6/h15-18,25-26,29-32H,11-14,19-24H2,1-10H3. The molecule has 4 aliphatic rings. The number of nitrogens with zero attached hydrogens (tertiary/aromatic N) is 2. The molecule has 258 valence electrons. The topological polar surface area (TPSA) is 84.1 Å². The van der Waals surface area contributed by atoms with E-state index in [1.54, 1.807) is 24.3 Å². The second-order valence-electron chi connectivity index (χ2n) is 15.7. The van der Waals surface area contributed by atoms with Gasteiger partial charge in [0.25, 0.3) is 0 Å². The minimum Gasteiger partial charge on any atom is -0.458 e. The minimum absolute atomic E-state index is 0.113. The van der Waals surface area contributed by atoms with Crippen LogP contribution in [0.3, 0.4) is 0 Å². The second kappa shape index (κ2) is 13.1. The Labute approximate surface area is 277 Å². The molecule has 1 aromatic rings. The van der Waals surface area contributed by atoms with Crippen molar-refractivity contribution in [1.82, 2.24) is 9.80 Å². The fourth-order valence-electron chi connectivity index (χ4n) is 8.75. The third-order valence-electron chi connectivity index (χ3n) is 13.3. The molecule has 8 heteroatoms. The summed E-state index contributed by atoms with van der Waals surface area (Å²) in [6, 6.07) is 6.89. The first-order chi connectivity index (χ1) is 21.7. The van der Waals surface area contributed by atoms with Gasteiger partial charge >= 0.3 is 11.9 Å². The molecule has 10 unspecified atom stereocenters. The first-order valence-electron chi connectivity index (χ1n) is 18.0. The van der Waals surface area contributed by atoms with Gasteiger partial charge in [-0.2, -0.15) is 0 Å². The van der Waals surface area contributed by atoms with Gasteiger partial charge in [-0.25, -0.2) is 9.59 Å². The normalized spacial score (nSPS) is 41.2. The molecule has 0 radical (unpaired) electrons. The van der Waals surface area contributed by atoms with Crippen LogP contribution in [0.5, 0.6) is 0 Å². The van der Waals surface area contributed by atoms with Gasteiger partial charge < -0.3 is 18.9 Å². The lowest BCUT2D eigenvalue weighted by Crippen LogP contribution is -2.68. The lowest BCUT2D eigenvalue weighted by atomic mass is 9.67. The Morgan fingerprint density at radius 1 is 0.717 bits per heavy atom. The first kappa shape index (κ1) is 35.3. The molecule has 0 N–H and O–H groups in total. The van der Waals surface area contributed by atoms with Crippen molar-refractivity contribution in [2.45, 2.75) is 154 Å². The number of ether oxygens (including phenoxy) is 4. The molecule has 10 atom stereocenters. The molecular formula is C38H60N2O6. The Morgan fingerprint density at radius 2 is 1.09 bits per heavy atom. The smallest absolute Gasteiger partial charge is 0.338 e. The molecule has 0 spiro atoms. The van der Waals surface area contributed by atoms with Crippen molar-refractivity contribution in [3.05, 3.63) is 35.4 Å². The van der Waals surface area contributed by atoms with Crippen LogP contribution in [0.25, 0.3) is 0 Å². The maximum atomic E-state index is 13.7. The van der Waals surface area contributed by atoms with Gasteiger partial charge in [-0.05, 0) is 71.6 Å². The van der Waals surface area contributed by atoms with Crippen LogP contribution in [-0.4, -0.2) is 94.6 Å². The Kier molecular flexibility index (Phi) is 10.1. The van der Waals surface area contributed by atoms with E-state index in [2.05, 4.69) is 79.0 Å². The van der Waals surface area contributed by atoms with Crippen LogP contribution in [0.1, 0.15) is 128 Å². The monoisotopic (exact) mass is 640 g/mol. The summed E-state index contributed by atoms with van der Waals surface area (Å²) in [4.78, 5) is 32.6. The molecule has 4 fully saturated rings. The zero-order chi connectivity index (χ0) is 33.7. The average Bonchev–Trinajstić information content (AvgIpc) is 3.99. The molecule has 4 aliphatic heterocycles. The summed E-state index contributed by atoms with van der Waals surface area (Å²) in [5.41, 5.74) is 0.273. The summed E-state index contributed by atoms with van der Waals surface area (Å²) in [7, 11) is 0. The van der Waals surface area contributed by atoms with E-state index in [-0.39, 0.29) is 58.1 Å². The number of hydrogen-bond acceptors (Lipinski definition) is 8. The van der Waals surface area contributed by atoms with E-state index in [0.717, 1.165) is 64.8 Å². The highest BCUT2D eigenvalue weighted by atomic mass is 16.6. The Morgan fingerprint density at radius 3 is 1.39 bits per heavy atom. The molecule has 0 aromatic heterocycles. The summed E-state index contributed by atoms with van der Waals surface area (Å²) in [6.45, 7) is 26.0. The number of rotatable bonds is 12. The predicted octanol–water partition coefficient (Wildman–Crippen LogP) is 6.89. The summed E-state index contributed by atoms with van der Waals surface area (Å²) >= 11 is 0. The van der Waals surface area contributed by atoms with Gasteiger partial charge in [0.05, 0.1) is 36.5 Å². The van der Waals surface area contributed by atoms with E-state index in [1.165, 1.54) is 0 Å². The highest BCUT2D eigenvalue weighted by molar-refractivity contribution is 5.95. The molecule has 8 nitrogen and oxygen atoms in total. The lowest BCUT2D eigenvalue weighted by Gasteiger charge is -2.60. The van der Waals surface area contributed by atoms with E-state index in [0.29, 0.717) is 23.3 Å². The third-order valence-corrected chi connectivity index (χ3v) is 13.3. The van der Waals surface area contributed by atoms with E-state index in [4.69, 9.17) is 18.9 Å². The van der Waals surface area contributed by atoms with Crippen LogP contribution in [0.2, 0.25) is 0 Å². The number of esters is 2. The van der Waals surface area contributed by atoms with E-state index in [1.807, 2.05) is 0 Å². The van der Waals surface area contributed by atoms with Crippen molar-refractivity contribution in [2.24, 2.45) is 11.8 Å². The molecule has 0 aliphatic carbocycles. The summed E-state index contributed by atoms with van der Waals surface area (Å²) in [5.74, 6) is -0.507. The van der Waals surface area contributed by atoms with Crippen molar-refractivity contribution in [3.8, 4) is 0 Å². The molecular weight excluding hydrogens is 580 g/mol. The van der Waals surface area contributed by atoms with Crippen LogP contribution in [-0.2, 0) is 18.9 Å². The van der Waals surface area contributed by atoms with Crippen LogP contribution in [0.15, 0.2) is 24.3 Å². The molecule has 4 heterocycles. The van der Waals surface area contributed by atoms with Crippen molar-refractivity contribution in [2.75, 3.05) is 26.3 Å². The highest BCUT2D eigenvalue weighted by Crippen LogP contribution is 2.49. The van der Waals surface area contributed by atoms with Crippen molar-refractivity contribution in [1.29, 1.82) is 0 Å².